The van der Waals surface area contributed by atoms with Crippen molar-refractivity contribution < 1.29 is 32.9 Å². The van der Waals surface area contributed by atoms with Gasteiger partial charge in [0.15, 0.2) is 0 Å². The van der Waals surface area contributed by atoms with Crippen molar-refractivity contribution in [1.82, 2.24) is 0 Å². The number of rotatable bonds is 5. The fourth-order valence-electron chi connectivity index (χ4n) is 3.43. The third kappa shape index (κ3) is 4.59. The van der Waals surface area contributed by atoms with E-state index < -0.39 is 38.9 Å². The molecule has 0 aromatic heterocycles. The molecule has 0 unspecified atom stereocenters. The Kier molecular flexibility index (Phi) is 5.53. The number of aliphatic hydroxyl groups is 1. The van der Waals surface area contributed by atoms with Gasteiger partial charge < -0.3 is 14.7 Å². The number of alkyl halides is 3. The third-order valence-electron chi connectivity index (χ3n) is 4.90. The predicted molar refractivity (Wildman–Crippen MR) is 98.2 cm³/mol. The van der Waals surface area contributed by atoms with Crippen molar-refractivity contribution in [2.45, 2.75) is 24.8 Å². The summed E-state index contributed by atoms with van der Waals surface area (Å²) in [7, 11) is 0. The zero-order valence-corrected chi connectivity index (χ0v) is 15.3. The SMILES string of the molecule is O=[N+]([O-])c1ccc(N2CCC(O)(c3cccc(OC(F)(F)F)c3)CC2)c([N+](=O)[O-])c1. The van der Waals surface area contributed by atoms with Crippen LogP contribution in [-0.4, -0.2) is 34.4 Å². The lowest BCUT2D eigenvalue weighted by atomic mass is 9.84. The van der Waals surface area contributed by atoms with E-state index >= 15 is 0 Å². The summed E-state index contributed by atoms with van der Waals surface area (Å²) < 4.78 is 41.2. The van der Waals surface area contributed by atoms with Gasteiger partial charge >= 0.3 is 6.36 Å². The second-order valence-corrected chi connectivity index (χ2v) is 6.78. The minimum absolute atomic E-state index is 0.0800. The predicted octanol–water partition coefficient (Wildman–Crippen LogP) is 3.89. The minimum Gasteiger partial charge on any atom is -0.406 e. The van der Waals surface area contributed by atoms with Crippen LogP contribution < -0.4 is 9.64 Å². The molecule has 1 fully saturated rings. The largest absolute Gasteiger partial charge is 0.573 e. The molecule has 1 aliphatic heterocycles. The zero-order valence-electron chi connectivity index (χ0n) is 15.3. The summed E-state index contributed by atoms with van der Waals surface area (Å²) in [5.41, 5.74) is -1.89. The van der Waals surface area contributed by atoms with Gasteiger partial charge in [0.1, 0.15) is 11.4 Å². The van der Waals surface area contributed by atoms with Gasteiger partial charge in [-0.15, -0.1) is 13.2 Å². The maximum atomic E-state index is 12.4. The summed E-state index contributed by atoms with van der Waals surface area (Å²) in [6.07, 6.45) is -4.70. The molecular formula is C18H16F3N3O6. The van der Waals surface area contributed by atoms with Gasteiger partial charge in [0.2, 0.25) is 0 Å². The smallest absolute Gasteiger partial charge is 0.406 e. The lowest BCUT2D eigenvalue weighted by molar-refractivity contribution is -0.393. The quantitative estimate of drug-likeness (QED) is 0.568. The Bertz CT molecular complexity index is 974. The fraction of sp³-hybridized carbons (Fsp3) is 0.333. The van der Waals surface area contributed by atoms with E-state index in [0.717, 1.165) is 24.3 Å². The van der Waals surface area contributed by atoms with E-state index in [9.17, 15) is 38.5 Å². The molecule has 30 heavy (non-hydrogen) atoms. The molecule has 0 radical (unpaired) electrons. The number of halogens is 3. The Morgan fingerprint density at radius 1 is 1.03 bits per heavy atom. The molecule has 2 aromatic rings. The van der Waals surface area contributed by atoms with E-state index in [-0.39, 0.29) is 37.2 Å². The number of anilines is 1. The molecule has 3 rings (SSSR count). The number of non-ortho nitro benzene ring substituents is 1. The summed E-state index contributed by atoms with van der Waals surface area (Å²) in [5, 5.41) is 33.2. The Morgan fingerprint density at radius 3 is 2.27 bits per heavy atom. The first-order valence-corrected chi connectivity index (χ1v) is 8.75. The van der Waals surface area contributed by atoms with E-state index in [0.29, 0.717) is 0 Å². The van der Waals surface area contributed by atoms with Crippen LogP contribution in [0.25, 0.3) is 0 Å². The highest BCUT2D eigenvalue weighted by atomic mass is 19.4. The Morgan fingerprint density at radius 2 is 1.70 bits per heavy atom. The molecule has 1 saturated heterocycles. The van der Waals surface area contributed by atoms with Crippen LogP contribution in [0.2, 0.25) is 0 Å². The summed E-state index contributed by atoms with van der Waals surface area (Å²) in [6.45, 7) is 0.305. The van der Waals surface area contributed by atoms with Gasteiger partial charge in [-0.05, 0) is 36.6 Å². The number of nitro groups is 2. The molecule has 2 aromatic carbocycles. The molecule has 0 bridgehead atoms. The Hall–Kier alpha value is -3.41. The molecule has 1 aliphatic rings. The van der Waals surface area contributed by atoms with E-state index in [1.807, 2.05) is 0 Å². The van der Waals surface area contributed by atoms with Crippen LogP contribution in [0.15, 0.2) is 42.5 Å². The number of benzene rings is 2. The molecule has 0 saturated carbocycles. The third-order valence-corrected chi connectivity index (χ3v) is 4.90. The first-order valence-electron chi connectivity index (χ1n) is 8.75. The van der Waals surface area contributed by atoms with Crippen molar-refractivity contribution in [3.05, 3.63) is 68.3 Å². The van der Waals surface area contributed by atoms with Crippen LogP contribution in [0, 0.1) is 20.2 Å². The first-order chi connectivity index (χ1) is 14.0. The van der Waals surface area contributed by atoms with Crippen LogP contribution in [0.5, 0.6) is 5.75 Å². The van der Waals surface area contributed by atoms with Crippen molar-refractivity contribution in [1.29, 1.82) is 0 Å². The summed E-state index contributed by atoms with van der Waals surface area (Å²) in [4.78, 5) is 22.4. The van der Waals surface area contributed by atoms with Crippen LogP contribution in [0.4, 0.5) is 30.2 Å². The van der Waals surface area contributed by atoms with Gasteiger partial charge in [0, 0.05) is 19.2 Å². The van der Waals surface area contributed by atoms with Gasteiger partial charge in [0.05, 0.1) is 21.5 Å². The highest BCUT2D eigenvalue weighted by molar-refractivity contribution is 5.67. The van der Waals surface area contributed by atoms with Crippen LogP contribution in [0.1, 0.15) is 18.4 Å². The average Bonchev–Trinajstić information content (AvgIpc) is 2.67. The van der Waals surface area contributed by atoms with Gasteiger partial charge in [-0.1, -0.05) is 12.1 Å². The highest BCUT2D eigenvalue weighted by Gasteiger charge is 2.37. The monoisotopic (exact) mass is 427 g/mol. The van der Waals surface area contributed by atoms with Crippen molar-refractivity contribution in [2.24, 2.45) is 0 Å². The summed E-state index contributed by atoms with van der Waals surface area (Å²) >= 11 is 0. The molecule has 9 nitrogen and oxygen atoms in total. The van der Waals surface area contributed by atoms with Gasteiger partial charge in [0.25, 0.3) is 11.4 Å². The van der Waals surface area contributed by atoms with Gasteiger partial charge in [-0.25, -0.2) is 0 Å². The number of piperidine rings is 1. The molecule has 1 N–H and O–H groups in total. The lowest BCUT2D eigenvalue weighted by Gasteiger charge is -2.39. The number of nitro benzene ring substituents is 2. The maximum Gasteiger partial charge on any atom is 0.573 e. The van der Waals surface area contributed by atoms with Gasteiger partial charge in [-0.2, -0.15) is 0 Å². The lowest BCUT2D eigenvalue weighted by Crippen LogP contribution is -2.42. The van der Waals surface area contributed by atoms with E-state index in [4.69, 9.17) is 0 Å². The second kappa shape index (κ2) is 7.78. The zero-order chi connectivity index (χ0) is 22.1. The van der Waals surface area contributed by atoms with E-state index in [1.165, 1.54) is 18.2 Å². The fourth-order valence-corrected chi connectivity index (χ4v) is 3.43. The second-order valence-electron chi connectivity index (χ2n) is 6.78. The van der Waals surface area contributed by atoms with Crippen LogP contribution in [-0.2, 0) is 5.60 Å². The standard InChI is InChI=1S/C18H16F3N3O6/c19-18(20,21)30-14-3-1-2-12(10-14)17(25)6-8-22(9-7-17)15-5-4-13(23(26)27)11-16(15)24(28)29/h1-5,10-11,25H,6-9H2. The van der Waals surface area contributed by atoms with Gasteiger partial charge in [-0.3, -0.25) is 20.2 Å². The van der Waals surface area contributed by atoms with Crippen LogP contribution >= 0.6 is 0 Å². The Balaban J connectivity index is 1.80. The maximum absolute atomic E-state index is 12.4. The normalized spacial score (nSPS) is 16.2. The average molecular weight is 427 g/mol. The van der Waals surface area contributed by atoms with Crippen molar-refractivity contribution >= 4 is 17.1 Å². The summed E-state index contributed by atoms with van der Waals surface area (Å²) in [5.74, 6) is -0.457. The van der Waals surface area contributed by atoms with E-state index in [2.05, 4.69) is 4.74 Å². The molecule has 0 atom stereocenters. The molecule has 0 amide bonds. The summed E-state index contributed by atoms with van der Waals surface area (Å²) in [6, 6.07) is 8.34. The van der Waals surface area contributed by atoms with E-state index in [1.54, 1.807) is 4.90 Å². The van der Waals surface area contributed by atoms with Crippen molar-refractivity contribution in [3.8, 4) is 5.75 Å². The first kappa shape index (κ1) is 21.3. The number of ether oxygens (including phenoxy) is 1. The number of nitrogens with zero attached hydrogens (tertiary/aromatic N) is 3. The topological polar surface area (TPSA) is 119 Å². The van der Waals surface area contributed by atoms with Crippen LogP contribution in [0.3, 0.4) is 0 Å². The molecule has 0 aliphatic carbocycles. The molecule has 12 heteroatoms. The highest BCUT2D eigenvalue weighted by Crippen LogP contribution is 2.39. The van der Waals surface area contributed by atoms with Crippen molar-refractivity contribution in [3.63, 3.8) is 0 Å². The molecule has 0 spiro atoms. The molecular weight excluding hydrogens is 411 g/mol. The minimum atomic E-state index is -4.86. The van der Waals surface area contributed by atoms with Crippen molar-refractivity contribution in [2.75, 3.05) is 18.0 Å². The Labute approximate surface area is 167 Å². The number of hydrogen-bond acceptors (Lipinski definition) is 7. The molecule has 1 heterocycles. The number of hydrogen-bond donors (Lipinski definition) is 1. The molecule has 160 valence electrons.